The Hall–Kier alpha value is -2.62. The second kappa shape index (κ2) is 9.03. The lowest BCUT2D eigenvalue weighted by Gasteiger charge is -2.33. The fraction of sp³-hybridized carbons (Fsp3) is 0.286. The molecule has 1 amide bonds. The molecule has 0 aliphatic carbocycles. The van der Waals surface area contributed by atoms with E-state index in [1.807, 2.05) is 30.3 Å². The Balaban J connectivity index is 1.48. The van der Waals surface area contributed by atoms with Gasteiger partial charge in [0.05, 0.1) is 4.90 Å². The van der Waals surface area contributed by atoms with Crippen LogP contribution in [0.1, 0.15) is 29.8 Å². The molecular formula is C21H22N4O3S2. The molecule has 4 rings (SSSR count). The van der Waals surface area contributed by atoms with E-state index in [1.54, 1.807) is 30.3 Å². The average Bonchev–Trinajstić information content (AvgIpc) is 3.21. The Morgan fingerprint density at radius 2 is 1.73 bits per heavy atom. The highest BCUT2D eigenvalue weighted by molar-refractivity contribution is 7.89. The fourth-order valence-electron chi connectivity index (χ4n) is 3.52. The maximum Gasteiger partial charge on any atom is 0.244 e. The minimum Gasteiger partial charge on any atom is -0.299 e. The van der Waals surface area contributed by atoms with Gasteiger partial charge in [0.1, 0.15) is 11.0 Å². The van der Waals surface area contributed by atoms with E-state index in [9.17, 15) is 13.2 Å². The SMILES string of the molecule is O=C(Nc1nnc(Cc2ccccc2)s1)C1CCCCN1S(=O)(=O)c1ccccc1. The first-order valence-corrected chi connectivity index (χ1v) is 12.0. The van der Waals surface area contributed by atoms with E-state index in [0.29, 0.717) is 24.5 Å². The third kappa shape index (κ3) is 4.58. The highest BCUT2D eigenvalue weighted by Gasteiger charge is 2.37. The van der Waals surface area contributed by atoms with Gasteiger partial charge in [-0.05, 0) is 30.5 Å². The molecule has 1 unspecified atom stereocenters. The molecule has 0 spiro atoms. The van der Waals surface area contributed by atoms with E-state index in [0.717, 1.165) is 23.4 Å². The second-order valence-corrected chi connectivity index (χ2v) is 10.0. The molecule has 0 bridgehead atoms. The smallest absolute Gasteiger partial charge is 0.244 e. The van der Waals surface area contributed by atoms with Gasteiger partial charge in [0.2, 0.25) is 21.1 Å². The van der Waals surface area contributed by atoms with Gasteiger partial charge in [-0.3, -0.25) is 10.1 Å². The Labute approximate surface area is 179 Å². The number of sulfonamides is 1. The normalized spacial score (nSPS) is 17.5. The van der Waals surface area contributed by atoms with E-state index in [4.69, 9.17) is 0 Å². The zero-order chi connectivity index (χ0) is 21.0. The van der Waals surface area contributed by atoms with Gasteiger partial charge in [0, 0.05) is 13.0 Å². The van der Waals surface area contributed by atoms with Crippen molar-refractivity contribution in [3.8, 4) is 0 Å². The first-order chi connectivity index (χ1) is 14.5. The molecule has 156 valence electrons. The summed E-state index contributed by atoms with van der Waals surface area (Å²) in [7, 11) is -3.74. The maximum atomic E-state index is 13.1. The lowest BCUT2D eigenvalue weighted by atomic mass is 10.0. The molecule has 30 heavy (non-hydrogen) atoms. The molecule has 1 saturated heterocycles. The summed E-state index contributed by atoms with van der Waals surface area (Å²) in [4.78, 5) is 13.1. The Morgan fingerprint density at radius 1 is 1.03 bits per heavy atom. The van der Waals surface area contributed by atoms with Crippen molar-refractivity contribution in [2.75, 3.05) is 11.9 Å². The lowest BCUT2D eigenvalue weighted by Crippen LogP contribution is -2.49. The van der Waals surface area contributed by atoms with Crippen molar-refractivity contribution >= 4 is 32.4 Å². The molecule has 9 heteroatoms. The van der Waals surface area contributed by atoms with Crippen LogP contribution in [0.2, 0.25) is 0 Å². The third-order valence-electron chi connectivity index (χ3n) is 5.00. The van der Waals surface area contributed by atoms with E-state index < -0.39 is 16.1 Å². The summed E-state index contributed by atoms with van der Waals surface area (Å²) in [6, 6.07) is 17.4. The first kappa shape index (κ1) is 20.6. The van der Waals surface area contributed by atoms with Crippen molar-refractivity contribution < 1.29 is 13.2 Å². The van der Waals surface area contributed by atoms with Gasteiger partial charge in [-0.1, -0.05) is 66.3 Å². The number of piperidine rings is 1. The molecule has 2 heterocycles. The van der Waals surface area contributed by atoms with Gasteiger partial charge in [0.15, 0.2) is 0 Å². The largest absolute Gasteiger partial charge is 0.299 e. The number of aromatic nitrogens is 2. The molecule has 7 nitrogen and oxygen atoms in total. The third-order valence-corrected chi connectivity index (χ3v) is 7.76. The number of nitrogens with one attached hydrogen (secondary N) is 1. The van der Waals surface area contributed by atoms with Crippen molar-refractivity contribution in [1.29, 1.82) is 0 Å². The van der Waals surface area contributed by atoms with Crippen LogP contribution in [-0.4, -0.2) is 41.4 Å². The number of amides is 1. The van der Waals surface area contributed by atoms with Gasteiger partial charge in [0.25, 0.3) is 0 Å². The van der Waals surface area contributed by atoms with E-state index in [-0.39, 0.29) is 10.8 Å². The summed E-state index contributed by atoms with van der Waals surface area (Å²) < 4.78 is 27.5. The summed E-state index contributed by atoms with van der Waals surface area (Å²) in [6.07, 6.45) is 2.64. The first-order valence-electron chi connectivity index (χ1n) is 9.78. The van der Waals surface area contributed by atoms with Crippen LogP contribution in [0, 0.1) is 0 Å². The van der Waals surface area contributed by atoms with Crippen LogP contribution in [0.5, 0.6) is 0 Å². The van der Waals surface area contributed by atoms with Crippen LogP contribution in [0.25, 0.3) is 0 Å². The molecule has 1 aliphatic rings. The maximum absolute atomic E-state index is 13.1. The molecule has 0 saturated carbocycles. The minimum atomic E-state index is -3.74. The van der Waals surface area contributed by atoms with E-state index in [2.05, 4.69) is 15.5 Å². The highest BCUT2D eigenvalue weighted by atomic mass is 32.2. The van der Waals surface area contributed by atoms with Gasteiger partial charge in [-0.25, -0.2) is 8.42 Å². The van der Waals surface area contributed by atoms with Crippen molar-refractivity contribution in [3.05, 3.63) is 71.2 Å². The predicted octanol–water partition coefficient (Wildman–Crippen LogP) is 3.31. The number of anilines is 1. The molecule has 3 aromatic rings. The molecule has 1 aliphatic heterocycles. The number of carbonyl (C=O) groups is 1. The van der Waals surface area contributed by atoms with Crippen LogP contribution in [0.4, 0.5) is 5.13 Å². The Kier molecular flexibility index (Phi) is 6.21. The van der Waals surface area contributed by atoms with E-state index >= 15 is 0 Å². The topological polar surface area (TPSA) is 92.3 Å². The molecule has 1 atom stereocenters. The van der Waals surface area contributed by atoms with Crippen LogP contribution < -0.4 is 5.32 Å². The molecule has 1 fully saturated rings. The summed E-state index contributed by atoms with van der Waals surface area (Å²) in [5.41, 5.74) is 1.11. The lowest BCUT2D eigenvalue weighted by molar-refractivity contribution is -0.120. The van der Waals surface area contributed by atoms with Gasteiger partial charge >= 0.3 is 0 Å². The second-order valence-electron chi connectivity index (χ2n) is 7.09. The standard InChI is InChI=1S/C21H22N4O3S2/c26-20(22-21-24-23-19(29-21)15-16-9-3-1-4-10-16)18-13-7-8-14-25(18)30(27,28)17-11-5-2-6-12-17/h1-6,9-12,18H,7-8,13-15H2,(H,22,24,26). The van der Waals surface area contributed by atoms with Crippen molar-refractivity contribution in [1.82, 2.24) is 14.5 Å². The zero-order valence-corrected chi connectivity index (χ0v) is 17.9. The summed E-state index contributed by atoms with van der Waals surface area (Å²) in [6.45, 7) is 0.324. The molecular weight excluding hydrogens is 420 g/mol. The molecule has 2 aromatic carbocycles. The van der Waals surface area contributed by atoms with Crippen LogP contribution >= 0.6 is 11.3 Å². The number of carbonyl (C=O) groups excluding carboxylic acids is 1. The van der Waals surface area contributed by atoms with Gasteiger partial charge in [-0.15, -0.1) is 10.2 Å². The zero-order valence-electron chi connectivity index (χ0n) is 16.3. The van der Waals surface area contributed by atoms with E-state index in [1.165, 1.54) is 15.6 Å². The monoisotopic (exact) mass is 442 g/mol. The quantitative estimate of drug-likeness (QED) is 0.632. The van der Waals surface area contributed by atoms with Crippen LogP contribution in [-0.2, 0) is 21.2 Å². The Morgan fingerprint density at radius 3 is 2.47 bits per heavy atom. The number of rotatable bonds is 6. The average molecular weight is 443 g/mol. The van der Waals surface area contributed by atoms with Crippen LogP contribution in [0.15, 0.2) is 65.6 Å². The molecule has 1 N–H and O–H groups in total. The highest BCUT2D eigenvalue weighted by Crippen LogP contribution is 2.27. The van der Waals surface area contributed by atoms with Crippen molar-refractivity contribution in [3.63, 3.8) is 0 Å². The number of hydrogen-bond acceptors (Lipinski definition) is 6. The number of hydrogen-bond donors (Lipinski definition) is 1. The van der Waals surface area contributed by atoms with Gasteiger partial charge < -0.3 is 0 Å². The van der Waals surface area contributed by atoms with Crippen molar-refractivity contribution in [2.24, 2.45) is 0 Å². The van der Waals surface area contributed by atoms with Crippen LogP contribution in [0.3, 0.4) is 0 Å². The predicted molar refractivity (Wildman–Crippen MR) is 116 cm³/mol. The molecule has 0 radical (unpaired) electrons. The minimum absolute atomic E-state index is 0.200. The summed E-state index contributed by atoms with van der Waals surface area (Å²) in [5, 5.41) is 12.1. The number of nitrogens with zero attached hydrogens (tertiary/aromatic N) is 3. The summed E-state index contributed by atoms with van der Waals surface area (Å²) in [5.74, 6) is -0.364. The summed E-state index contributed by atoms with van der Waals surface area (Å²) >= 11 is 1.30. The van der Waals surface area contributed by atoms with Gasteiger partial charge in [-0.2, -0.15) is 4.31 Å². The van der Waals surface area contributed by atoms with Crippen molar-refractivity contribution in [2.45, 2.75) is 36.6 Å². The molecule has 1 aromatic heterocycles. The fourth-order valence-corrected chi connectivity index (χ4v) is 5.97. The number of benzene rings is 2. The Bertz CT molecular complexity index is 1100.